The molecule has 0 saturated carbocycles. The number of urea groups is 1. The zero-order chi connectivity index (χ0) is 23.4. The van der Waals surface area contributed by atoms with Crippen LogP contribution in [0, 0.1) is 5.82 Å². The first kappa shape index (κ1) is 22.2. The number of hydrogen-bond acceptors (Lipinski definition) is 3. The maximum Gasteiger partial charge on any atom is 0.324 e. The first-order valence-corrected chi connectivity index (χ1v) is 10.7. The maximum atomic E-state index is 13.5. The van der Waals surface area contributed by atoms with Crippen molar-refractivity contribution in [3.63, 3.8) is 0 Å². The van der Waals surface area contributed by atoms with Crippen LogP contribution in [-0.2, 0) is 6.54 Å². The van der Waals surface area contributed by atoms with E-state index in [0.29, 0.717) is 42.1 Å². The predicted molar refractivity (Wildman–Crippen MR) is 125 cm³/mol. The number of carbonyl (C=O) groups excluding carboxylic acids is 3. The van der Waals surface area contributed by atoms with Gasteiger partial charge in [-0.25, -0.2) is 9.18 Å². The Morgan fingerprint density at radius 3 is 2.55 bits per heavy atom. The molecule has 0 unspecified atom stereocenters. The van der Waals surface area contributed by atoms with Crippen molar-refractivity contribution in [1.82, 2.24) is 4.90 Å². The molecule has 3 amide bonds. The second-order valence-corrected chi connectivity index (χ2v) is 7.95. The molecular weight excluding hydrogens is 421 g/mol. The van der Waals surface area contributed by atoms with Gasteiger partial charge in [0.25, 0.3) is 5.91 Å². The number of nitrogens with zero attached hydrogens (tertiary/aromatic N) is 2. The Labute approximate surface area is 191 Å². The summed E-state index contributed by atoms with van der Waals surface area (Å²) in [6, 6.07) is 19.7. The zero-order valence-electron chi connectivity index (χ0n) is 18.3. The first-order chi connectivity index (χ1) is 15.9. The van der Waals surface area contributed by atoms with E-state index < -0.39 is 0 Å². The van der Waals surface area contributed by atoms with E-state index in [-0.39, 0.29) is 23.5 Å². The Balaban J connectivity index is 1.51. The molecule has 1 aliphatic heterocycles. The van der Waals surface area contributed by atoms with Crippen molar-refractivity contribution in [1.29, 1.82) is 0 Å². The van der Waals surface area contributed by atoms with Crippen LogP contribution in [0.25, 0.3) is 0 Å². The summed E-state index contributed by atoms with van der Waals surface area (Å²) >= 11 is 0. The van der Waals surface area contributed by atoms with Gasteiger partial charge in [-0.05, 0) is 61.4 Å². The predicted octanol–water partition coefficient (Wildman–Crippen LogP) is 5.11. The third-order valence-electron chi connectivity index (χ3n) is 5.55. The molecule has 4 rings (SSSR count). The van der Waals surface area contributed by atoms with Crippen molar-refractivity contribution in [2.24, 2.45) is 0 Å². The molecule has 0 atom stereocenters. The number of nitrogens with one attached hydrogen (secondary N) is 1. The highest BCUT2D eigenvalue weighted by molar-refractivity contribution is 6.09. The maximum absolute atomic E-state index is 13.5. The topological polar surface area (TPSA) is 69.7 Å². The van der Waals surface area contributed by atoms with Gasteiger partial charge in [-0.2, -0.15) is 0 Å². The van der Waals surface area contributed by atoms with Crippen LogP contribution in [0.2, 0.25) is 0 Å². The summed E-state index contributed by atoms with van der Waals surface area (Å²) in [5.41, 5.74) is 2.58. The number of anilines is 2. The van der Waals surface area contributed by atoms with Crippen molar-refractivity contribution < 1.29 is 18.8 Å². The molecule has 0 aromatic heterocycles. The van der Waals surface area contributed by atoms with Crippen LogP contribution < -0.4 is 10.2 Å². The lowest BCUT2D eigenvalue weighted by molar-refractivity contribution is 0.101. The molecule has 0 aliphatic carbocycles. The summed E-state index contributed by atoms with van der Waals surface area (Å²) in [4.78, 5) is 41.1. The molecule has 1 fully saturated rings. The molecule has 0 bridgehead atoms. The van der Waals surface area contributed by atoms with Gasteiger partial charge >= 0.3 is 6.03 Å². The van der Waals surface area contributed by atoms with E-state index in [1.54, 1.807) is 70.5 Å². The van der Waals surface area contributed by atoms with Crippen LogP contribution in [0.4, 0.5) is 20.6 Å². The lowest BCUT2D eigenvalue weighted by Crippen LogP contribution is -2.49. The molecule has 3 aromatic rings. The van der Waals surface area contributed by atoms with E-state index in [1.165, 1.54) is 19.1 Å². The minimum Gasteiger partial charge on any atom is -0.321 e. The van der Waals surface area contributed by atoms with Gasteiger partial charge < -0.3 is 10.2 Å². The third-order valence-corrected chi connectivity index (χ3v) is 5.55. The average Bonchev–Trinajstić information content (AvgIpc) is 2.81. The molecular formula is C26H24FN3O3. The molecule has 1 heterocycles. The highest BCUT2D eigenvalue weighted by Crippen LogP contribution is 2.24. The highest BCUT2D eigenvalue weighted by atomic mass is 19.1. The van der Waals surface area contributed by atoms with Gasteiger partial charge in [0.15, 0.2) is 5.78 Å². The Morgan fingerprint density at radius 2 is 1.76 bits per heavy atom. The van der Waals surface area contributed by atoms with Crippen LogP contribution in [-0.4, -0.2) is 35.7 Å². The molecule has 0 radical (unpaired) electrons. The molecule has 0 spiro atoms. The van der Waals surface area contributed by atoms with Crippen LogP contribution in [0.1, 0.15) is 39.6 Å². The van der Waals surface area contributed by atoms with Gasteiger partial charge in [0, 0.05) is 36.4 Å². The van der Waals surface area contributed by atoms with E-state index in [9.17, 15) is 18.8 Å². The minimum atomic E-state index is -0.369. The van der Waals surface area contributed by atoms with Gasteiger partial charge in [-0.3, -0.25) is 14.5 Å². The highest BCUT2D eigenvalue weighted by Gasteiger charge is 2.27. The SMILES string of the molecule is CC(=O)c1ccccc1NC(=O)c1cccc(N2CCCN(Cc3cccc(F)c3)C2=O)c1. The molecule has 3 aromatic carbocycles. The third kappa shape index (κ3) is 5.09. The number of amides is 3. The summed E-state index contributed by atoms with van der Waals surface area (Å²) < 4.78 is 13.5. The van der Waals surface area contributed by atoms with E-state index in [2.05, 4.69) is 5.32 Å². The summed E-state index contributed by atoms with van der Waals surface area (Å²) in [6.45, 7) is 2.86. The van der Waals surface area contributed by atoms with Crippen molar-refractivity contribution >= 4 is 29.1 Å². The molecule has 33 heavy (non-hydrogen) atoms. The molecule has 168 valence electrons. The minimum absolute atomic E-state index is 0.142. The summed E-state index contributed by atoms with van der Waals surface area (Å²) in [7, 11) is 0. The number of halogens is 1. The fourth-order valence-electron chi connectivity index (χ4n) is 3.93. The van der Waals surface area contributed by atoms with E-state index >= 15 is 0 Å². The fraction of sp³-hybridized carbons (Fsp3) is 0.192. The number of rotatable bonds is 6. The quantitative estimate of drug-likeness (QED) is 0.536. The van der Waals surface area contributed by atoms with Gasteiger partial charge in [0.1, 0.15) is 5.82 Å². The molecule has 1 saturated heterocycles. The monoisotopic (exact) mass is 445 g/mol. The fourth-order valence-corrected chi connectivity index (χ4v) is 3.93. The zero-order valence-corrected chi connectivity index (χ0v) is 18.3. The first-order valence-electron chi connectivity index (χ1n) is 10.7. The largest absolute Gasteiger partial charge is 0.324 e. The van der Waals surface area contributed by atoms with Crippen molar-refractivity contribution in [3.8, 4) is 0 Å². The Morgan fingerprint density at radius 1 is 0.970 bits per heavy atom. The lowest BCUT2D eigenvalue weighted by Gasteiger charge is -2.35. The smallest absolute Gasteiger partial charge is 0.321 e. The Hall–Kier alpha value is -4.00. The average molecular weight is 445 g/mol. The van der Waals surface area contributed by atoms with Gasteiger partial charge in [-0.15, -0.1) is 0 Å². The van der Waals surface area contributed by atoms with Gasteiger partial charge in [0.05, 0.1) is 5.69 Å². The molecule has 7 heteroatoms. The summed E-state index contributed by atoms with van der Waals surface area (Å²) in [6.07, 6.45) is 0.753. The van der Waals surface area contributed by atoms with Crippen LogP contribution in [0.3, 0.4) is 0 Å². The molecule has 1 N–H and O–H groups in total. The number of para-hydroxylation sites is 1. The van der Waals surface area contributed by atoms with E-state index in [4.69, 9.17) is 0 Å². The number of hydrogen-bond donors (Lipinski definition) is 1. The number of benzene rings is 3. The molecule has 6 nitrogen and oxygen atoms in total. The summed E-state index contributed by atoms with van der Waals surface area (Å²) in [5.74, 6) is -0.845. The van der Waals surface area contributed by atoms with Crippen molar-refractivity contribution in [2.75, 3.05) is 23.3 Å². The van der Waals surface area contributed by atoms with E-state index in [0.717, 1.165) is 12.0 Å². The Kier molecular flexibility index (Phi) is 6.49. The number of ketones is 1. The van der Waals surface area contributed by atoms with Gasteiger partial charge in [-0.1, -0.05) is 30.3 Å². The molecule has 1 aliphatic rings. The Bertz CT molecular complexity index is 1210. The van der Waals surface area contributed by atoms with Crippen molar-refractivity contribution in [3.05, 3.63) is 95.3 Å². The normalized spacial score (nSPS) is 13.7. The summed E-state index contributed by atoms with van der Waals surface area (Å²) in [5, 5.41) is 2.79. The van der Waals surface area contributed by atoms with Crippen LogP contribution >= 0.6 is 0 Å². The lowest BCUT2D eigenvalue weighted by atomic mass is 10.1. The number of carbonyl (C=O) groups is 3. The standard InChI is InChI=1S/C26H24FN3O3/c1-18(31)23-11-2-3-12-24(23)28-25(32)20-8-5-10-22(16-20)30-14-6-13-29(26(30)33)17-19-7-4-9-21(27)15-19/h2-5,7-12,15-16H,6,13-14,17H2,1H3,(H,28,32). The van der Waals surface area contributed by atoms with Gasteiger partial charge in [0.2, 0.25) is 0 Å². The number of Topliss-reactive ketones (excluding diaryl/α,β-unsaturated/α-hetero) is 1. The second kappa shape index (κ2) is 9.65. The van der Waals surface area contributed by atoms with Crippen molar-refractivity contribution in [2.45, 2.75) is 19.9 Å². The van der Waals surface area contributed by atoms with Crippen LogP contribution in [0.5, 0.6) is 0 Å². The second-order valence-electron chi connectivity index (χ2n) is 7.95. The van der Waals surface area contributed by atoms with Crippen LogP contribution in [0.15, 0.2) is 72.8 Å². The van der Waals surface area contributed by atoms with E-state index in [1.807, 2.05) is 0 Å².